The summed E-state index contributed by atoms with van der Waals surface area (Å²) in [5.74, 6) is -1.02. The third kappa shape index (κ3) is 5.80. The average Bonchev–Trinajstić information content (AvgIpc) is 2.81. The van der Waals surface area contributed by atoms with Gasteiger partial charge in [-0.05, 0) is 6.42 Å². The molecule has 5 nitrogen and oxygen atoms in total. The van der Waals surface area contributed by atoms with Crippen molar-refractivity contribution in [2.75, 3.05) is 0 Å². The molecule has 0 aliphatic carbocycles. The Morgan fingerprint density at radius 3 is 2.33 bits per heavy atom. The molecule has 0 amide bonds. The minimum Gasteiger partial charge on any atom is -0.476 e. The van der Waals surface area contributed by atoms with Crippen LogP contribution in [0.15, 0.2) is 6.20 Å². The Hall–Kier alpha value is -1.39. The molecule has 0 saturated heterocycles. The highest BCUT2D eigenvalue weighted by molar-refractivity contribution is 5.84. The van der Waals surface area contributed by atoms with Crippen LogP contribution in [0.1, 0.15) is 68.8 Å². The molecule has 1 rings (SSSR count). The summed E-state index contributed by atoms with van der Waals surface area (Å²) in [7, 11) is 0. The van der Waals surface area contributed by atoms with E-state index in [9.17, 15) is 4.79 Å². The lowest BCUT2D eigenvalue weighted by Crippen LogP contribution is -1.99. The summed E-state index contributed by atoms with van der Waals surface area (Å²) < 4.78 is 1.61. The Kier molecular flexibility index (Phi) is 7.06. The number of hydrogen-bond donors (Lipinski definition) is 1. The highest BCUT2D eigenvalue weighted by atomic mass is 16.4. The molecule has 0 fully saturated rings. The first-order chi connectivity index (χ1) is 8.74. The first kappa shape index (κ1) is 14.7. The van der Waals surface area contributed by atoms with Crippen molar-refractivity contribution in [2.24, 2.45) is 0 Å². The zero-order valence-electron chi connectivity index (χ0n) is 11.1. The number of aromatic carboxylic acids is 1. The van der Waals surface area contributed by atoms with Gasteiger partial charge in [-0.25, -0.2) is 4.79 Å². The number of carboxylic acids is 1. The molecule has 102 valence electrons. The van der Waals surface area contributed by atoms with Crippen LogP contribution in [-0.4, -0.2) is 26.1 Å². The van der Waals surface area contributed by atoms with Gasteiger partial charge >= 0.3 is 5.97 Å². The van der Waals surface area contributed by atoms with Crippen molar-refractivity contribution in [1.29, 1.82) is 0 Å². The second kappa shape index (κ2) is 8.66. The summed E-state index contributed by atoms with van der Waals surface area (Å²) in [6.07, 6.45) is 11.6. The summed E-state index contributed by atoms with van der Waals surface area (Å²) in [4.78, 5) is 10.6. The number of unbranched alkanes of at least 4 members (excludes halogenated alkanes) is 7. The van der Waals surface area contributed by atoms with Crippen LogP contribution in [0.3, 0.4) is 0 Å². The first-order valence-electron chi connectivity index (χ1n) is 6.87. The Balaban J connectivity index is 2.02. The molecule has 0 saturated carbocycles. The van der Waals surface area contributed by atoms with Crippen molar-refractivity contribution in [2.45, 2.75) is 64.8 Å². The van der Waals surface area contributed by atoms with E-state index in [0.29, 0.717) is 0 Å². The molecule has 0 atom stereocenters. The summed E-state index contributed by atoms with van der Waals surface area (Å²) in [5, 5.41) is 16.1. The number of carbonyl (C=O) groups is 1. The number of aromatic nitrogens is 3. The van der Waals surface area contributed by atoms with Crippen LogP contribution < -0.4 is 0 Å². The van der Waals surface area contributed by atoms with Gasteiger partial charge in [0.25, 0.3) is 0 Å². The maximum Gasteiger partial charge on any atom is 0.358 e. The summed E-state index contributed by atoms with van der Waals surface area (Å²) in [5.41, 5.74) is 0.0227. The van der Waals surface area contributed by atoms with E-state index in [2.05, 4.69) is 17.2 Å². The van der Waals surface area contributed by atoms with Crippen molar-refractivity contribution in [1.82, 2.24) is 15.0 Å². The molecule has 1 aromatic heterocycles. The van der Waals surface area contributed by atoms with Crippen LogP contribution in [0, 0.1) is 0 Å². The lowest BCUT2D eigenvalue weighted by molar-refractivity contribution is 0.0690. The molecule has 0 unspecified atom stereocenters. The Morgan fingerprint density at radius 1 is 1.17 bits per heavy atom. The van der Waals surface area contributed by atoms with Crippen LogP contribution in [0.2, 0.25) is 0 Å². The number of hydrogen-bond acceptors (Lipinski definition) is 3. The predicted molar refractivity (Wildman–Crippen MR) is 69.6 cm³/mol. The van der Waals surface area contributed by atoms with Crippen molar-refractivity contribution in [3.05, 3.63) is 11.9 Å². The van der Waals surface area contributed by atoms with Gasteiger partial charge in [-0.15, -0.1) is 5.10 Å². The van der Waals surface area contributed by atoms with Gasteiger partial charge in [0.05, 0.1) is 6.20 Å². The summed E-state index contributed by atoms with van der Waals surface area (Å²) >= 11 is 0. The fourth-order valence-electron chi connectivity index (χ4n) is 1.91. The standard InChI is InChI=1S/C13H23N3O2/c1-2-3-4-5-6-7-8-9-10-16-11-12(13(17)18)14-15-16/h11H,2-10H2,1H3,(H,17,18). The van der Waals surface area contributed by atoms with E-state index in [1.807, 2.05) is 0 Å². The second-order valence-electron chi connectivity index (χ2n) is 4.65. The highest BCUT2D eigenvalue weighted by Crippen LogP contribution is 2.08. The number of nitrogens with zero attached hydrogens (tertiary/aromatic N) is 3. The molecule has 1 N–H and O–H groups in total. The normalized spacial score (nSPS) is 10.7. The summed E-state index contributed by atoms with van der Waals surface area (Å²) in [6, 6.07) is 0. The van der Waals surface area contributed by atoms with Gasteiger partial charge in [-0.1, -0.05) is 57.1 Å². The molecule has 0 aliphatic rings. The van der Waals surface area contributed by atoms with Gasteiger partial charge in [0.2, 0.25) is 0 Å². The molecular weight excluding hydrogens is 230 g/mol. The Morgan fingerprint density at radius 2 is 1.78 bits per heavy atom. The van der Waals surface area contributed by atoms with Crippen LogP contribution in [0.25, 0.3) is 0 Å². The van der Waals surface area contributed by atoms with E-state index >= 15 is 0 Å². The minimum atomic E-state index is -1.02. The molecule has 0 spiro atoms. The van der Waals surface area contributed by atoms with Crippen LogP contribution in [0.5, 0.6) is 0 Å². The zero-order chi connectivity index (χ0) is 13.2. The molecule has 0 radical (unpaired) electrons. The van der Waals surface area contributed by atoms with Gasteiger partial charge in [-0.2, -0.15) is 0 Å². The van der Waals surface area contributed by atoms with E-state index < -0.39 is 5.97 Å². The zero-order valence-corrected chi connectivity index (χ0v) is 11.1. The maximum atomic E-state index is 10.6. The van der Waals surface area contributed by atoms with Crippen molar-refractivity contribution in [3.63, 3.8) is 0 Å². The molecule has 1 heterocycles. The quantitative estimate of drug-likeness (QED) is 0.650. The fourth-order valence-corrected chi connectivity index (χ4v) is 1.91. The van der Waals surface area contributed by atoms with Gasteiger partial charge in [0.1, 0.15) is 0 Å². The third-order valence-electron chi connectivity index (χ3n) is 3.00. The van der Waals surface area contributed by atoms with Gasteiger partial charge in [0.15, 0.2) is 5.69 Å². The Bertz CT molecular complexity index is 350. The lowest BCUT2D eigenvalue weighted by Gasteiger charge is -2.01. The van der Waals surface area contributed by atoms with Crippen molar-refractivity contribution >= 4 is 5.97 Å². The predicted octanol–water partition coefficient (Wildman–Crippen LogP) is 3.12. The van der Waals surface area contributed by atoms with Crippen molar-refractivity contribution < 1.29 is 9.90 Å². The maximum absolute atomic E-state index is 10.6. The molecule has 1 aromatic rings. The summed E-state index contributed by atoms with van der Waals surface area (Å²) in [6.45, 7) is 2.98. The van der Waals surface area contributed by atoms with E-state index in [1.54, 1.807) is 4.68 Å². The van der Waals surface area contributed by atoms with Crippen LogP contribution >= 0.6 is 0 Å². The Labute approximate surface area is 108 Å². The van der Waals surface area contributed by atoms with E-state index in [-0.39, 0.29) is 5.69 Å². The number of carboxylic acid groups (broad SMARTS) is 1. The third-order valence-corrected chi connectivity index (χ3v) is 3.00. The van der Waals surface area contributed by atoms with Gasteiger partial charge < -0.3 is 5.11 Å². The van der Waals surface area contributed by atoms with E-state index in [1.165, 1.54) is 51.1 Å². The fraction of sp³-hybridized carbons (Fsp3) is 0.769. The van der Waals surface area contributed by atoms with Gasteiger partial charge in [-0.3, -0.25) is 4.68 Å². The first-order valence-corrected chi connectivity index (χ1v) is 6.87. The molecule has 0 aliphatic heterocycles. The smallest absolute Gasteiger partial charge is 0.358 e. The monoisotopic (exact) mass is 253 g/mol. The van der Waals surface area contributed by atoms with E-state index in [4.69, 9.17) is 5.11 Å². The molecular formula is C13H23N3O2. The number of aryl methyl sites for hydroxylation is 1. The minimum absolute atomic E-state index is 0.0227. The van der Waals surface area contributed by atoms with E-state index in [0.717, 1.165) is 13.0 Å². The molecule has 0 bridgehead atoms. The van der Waals surface area contributed by atoms with Crippen LogP contribution in [-0.2, 0) is 6.54 Å². The van der Waals surface area contributed by atoms with Crippen LogP contribution in [0.4, 0.5) is 0 Å². The molecule has 0 aromatic carbocycles. The average molecular weight is 253 g/mol. The van der Waals surface area contributed by atoms with Crippen molar-refractivity contribution in [3.8, 4) is 0 Å². The topological polar surface area (TPSA) is 68.0 Å². The van der Waals surface area contributed by atoms with Gasteiger partial charge in [0, 0.05) is 6.54 Å². The lowest BCUT2D eigenvalue weighted by atomic mass is 10.1. The molecule has 5 heteroatoms. The molecule has 18 heavy (non-hydrogen) atoms. The highest BCUT2D eigenvalue weighted by Gasteiger charge is 2.07. The SMILES string of the molecule is CCCCCCCCCCn1cc(C(=O)O)nn1. The second-order valence-corrected chi connectivity index (χ2v) is 4.65. The number of rotatable bonds is 10. The largest absolute Gasteiger partial charge is 0.476 e.